The number of piperazine rings is 1. The molecule has 0 spiro atoms. The lowest BCUT2D eigenvalue weighted by Gasteiger charge is -2.35. The lowest BCUT2D eigenvalue weighted by atomic mass is 10.0. The minimum atomic E-state index is 0.386. The number of likely N-dealkylation sites (tertiary alicyclic amines) is 1. The summed E-state index contributed by atoms with van der Waals surface area (Å²) in [6.45, 7) is 6.65. The van der Waals surface area contributed by atoms with Crippen LogP contribution in [-0.2, 0) is 6.54 Å². The number of anilines is 3. The van der Waals surface area contributed by atoms with Crippen molar-refractivity contribution in [3.8, 4) is 0 Å². The van der Waals surface area contributed by atoms with Crippen molar-refractivity contribution >= 4 is 28.7 Å². The number of fused-ring (bicyclic) bond motifs is 1. The van der Waals surface area contributed by atoms with Gasteiger partial charge in [-0.25, -0.2) is 9.97 Å². The van der Waals surface area contributed by atoms with Gasteiger partial charge in [0.1, 0.15) is 11.3 Å². The molecular formula is C26H31N9. The smallest absolute Gasteiger partial charge is 0.229 e. The van der Waals surface area contributed by atoms with Crippen molar-refractivity contribution < 1.29 is 0 Å². The molecule has 0 amide bonds. The van der Waals surface area contributed by atoms with E-state index in [4.69, 9.17) is 9.97 Å². The molecule has 0 radical (unpaired) electrons. The molecule has 2 N–H and O–H groups in total. The summed E-state index contributed by atoms with van der Waals surface area (Å²) < 4.78 is 0. The highest BCUT2D eigenvalue weighted by Crippen LogP contribution is 2.25. The molecule has 35 heavy (non-hydrogen) atoms. The molecule has 1 aromatic carbocycles. The Labute approximate surface area is 205 Å². The van der Waals surface area contributed by atoms with Gasteiger partial charge in [0, 0.05) is 58.1 Å². The third-order valence-electron chi connectivity index (χ3n) is 6.99. The predicted octanol–water partition coefficient (Wildman–Crippen LogP) is 3.15. The predicted molar refractivity (Wildman–Crippen MR) is 139 cm³/mol. The van der Waals surface area contributed by atoms with E-state index in [-0.39, 0.29) is 0 Å². The number of hydrogen-bond donors (Lipinski definition) is 2. The molecule has 0 aliphatic carbocycles. The van der Waals surface area contributed by atoms with E-state index in [2.05, 4.69) is 71.4 Å². The summed E-state index contributed by atoms with van der Waals surface area (Å²) in [4.78, 5) is 29.0. The second kappa shape index (κ2) is 9.87. The van der Waals surface area contributed by atoms with Gasteiger partial charge in [-0.1, -0.05) is 36.4 Å². The number of nitrogens with zero attached hydrogens (tertiary/aromatic N) is 7. The second-order valence-corrected chi connectivity index (χ2v) is 9.32. The van der Waals surface area contributed by atoms with Gasteiger partial charge in [-0.05, 0) is 30.5 Å². The molecule has 0 atom stereocenters. The number of H-pyrrole nitrogens is 1. The Morgan fingerprint density at radius 2 is 1.60 bits per heavy atom. The molecule has 0 unspecified atom stereocenters. The molecule has 4 aromatic rings. The fraction of sp³-hybridized carbons (Fsp3) is 0.385. The Kier molecular flexibility index (Phi) is 6.15. The maximum Gasteiger partial charge on any atom is 0.229 e. The molecule has 3 aromatic heterocycles. The van der Waals surface area contributed by atoms with Crippen LogP contribution in [0.15, 0.2) is 61.1 Å². The van der Waals surface area contributed by atoms with Crippen LogP contribution in [0.3, 0.4) is 0 Å². The van der Waals surface area contributed by atoms with E-state index >= 15 is 0 Å². The Morgan fingerprint density at radius 3 is 2.37 bits per heavy atom. The minimum absolute atomic E-state index is 0.386. The van der Waals surface area contributed by atoms with Gasteiger partial charge >= 0.3 is 0 Å². The Morgan fingerprint density at radius 1 is 0.829 bits per heavy atom. The van der Waals surface area contributed by atoms with Gasteiger partial charge in [0.05, 0.1) is 6.33 Å². The van der Waals surface area contributed by atoms with E-state index in [1.54, 1.807) is 6.33 Å². The van der Waals surface area contributed by atoms with E-state index in [1.807, 2.05) is 18.3 Å². The van der Waals surface area contributed by atoms with Crippen molar-refractivity contribution in [2.75, 3.05) is 54.4 Å². The standard InChI is InChI=1S/C26H31N9/c1-2-6-20(7-3-1)18-33-12-9-21(10-13-33)30-25-23-24(29-19-28-23)31-26(32-25)35-16-14-34(15-17-35)22-8-4-5-11-27-22/h1-8,11,19,21H,9-10,12-18H2,(H2,28,29,30,31,32). The molecule has 9 heteroatoms. The van der Waals surface area contributed by atoms with Crippen LogP contribution in [0.2, 0.25) is 0 Å². The molecule has 5 heterocycles. The fourth-order valence-electron chi connectivity index (χ4n) is 5.01. The van der Waals surface area contributed by atoms with Crippen LogP contribution >= 0.6 is 0 Å². The van der Waals surface area contributed by atoms with Crippen molar-refractivity contribution in [1.82, 2.24) is 29.8 Å². The van der Waals surface area contributed by atoms with Crippen LogP contribution in [0.5, 0.6) is 0 Å². The Balaban J connectivity index is 1.11. The van der Waals surface area contributed by atoms with Crippen molar-refractivity contribution in [2.45, 2.75) is 25.4 Å². The minimum Gasteiger partial charge on any atom is -0.365 e. The first kappa shape index (κ1) is 21.8. The molecular weight excluding hydrogens is 438 g/mol. The highest BCUT2D eigenvalue weighted by atomic mass is 15.3. The van der Waals surface area contributed by atoms with Crippen LogP contribution in [0, 0.1) is 0 Å². The van der Waals surface area contributed by atoms with E-state index in [9.17, 15) is 0 Å². The normalized spacial score (nSPS) is 17.7. The summed E-state index contributed by atoms with van der Waals surface area (Å²) in [6.07, 6.45) is 5.73. The zero-order valence-corrected chi connectivity index (χ0v) is 19.8. The number of pyridine rings is 1. The van der Waals surface area contributed by atoms with Crippen LogP contribution in [0.4, 0.5) is 17.6 Å². The third-order valence-corrected chi connectivity index (χ3v) is 6.99. The summed E-state index contributed by atoms with van der Waals surface area (Å²) in [5, 5.41) is 3.71. The number of benzene rings is 1. The number of hydrogen-bond acceptors (Lipinski definition) is 8. The first-order valence-electron chi connectivity index (χ1n) is 12.5. The highest BCUT2D eigenvalue weighted by molar-refractivity contribution is 5.84. The lowest BCUT2D eigenvalue weighted by molar-refractivity contribution is 0.211. The summed E-state index contributed by atoms with van der Waals surface area (Å²) in [7, 11) is 0. The van der Waals surface area contributed by atoms with Crippen molar-refractivity contribution in [2.24, 2.45) is 0 Å². The first-order valence-corrected chi connectivity index (χ1v) is 12.5. The monoisotopic (exact) mass is 469 g/mol. The van der Waals surface area contributed by atoms with Gasteiger partial charge < -0.3 is 20.1 Å². The Hall–Kier alpha value is -3.72. The van der Waals surface area contributed by atoms with Gasteiger partial charge in [0.25, 0.3) is 0 Å². The number of aromatic amines is 1. The first-order chi connectivity index (χ1) is 17.3. The maximum atomic E-state index is 4.96. The van der Waals surface area contributed by atoms with Crippen LogP contribution in [0.25, 0.3) is 11.2 Å². The maximum absolute atomic E-state index is 4.96. The van der Waals surface area contributed by atoms with E-state index in [1.165, 1.54) is 5.56 Å². The average molecular weight is 470 g/mol. The number of aromatic nitrogens is 5. The van der Waals surface area contributed by atoms with Gasteiger partial charge in [-0.15, -0.1) is 0 Å². The lowest BCUT2D eigenvalue weighted by Crippen LogP contribution is -2.47. The van der Waals surface area contributed by atoms with E-state index < -0.39 is 0 Å². The number of imidazole rings is 1. The summed E-state index contributed by atoms with van der Waals surface area (Å²) in [5.74, 6) is 2.63. The van der Waals surface area contributed by atoms with Gasteiger partial charge in [0.15, 0.2) is 11.5 Å². The zero-order valence-electron chi connectivity index (χ0n) is 19.8. The summed E-state index contributed by atoms with van der Waals surface area (Å²) >= 11 is 0. The fourth-order valence-corrected chi connectivity index (χ4v) is 5.01. The average Bonchev–Trinajstić information content (AvgIpc) is 3.40. The number of piperidine rings is 1. The molecule has 2 fully saturated rings. The summed E-state index contributed by atoms with van der Waals surface area (Å²) in [6, 6.07) is 17.2. The largest absolute Gasteiger partial charge is 0.365 e. The molecule has 2 aliphatic heterocycles. The second-order valence-electron chi connectivity index (χ2n) is 9.32. The molecule has 9 nitrogen and oxygen atoms in total. The third kappa shape index (κ3) is 4.90. The highest BCUT2D eigenvalue weighted by Gasteiger charge is 2.24. The van der Waals surface area contributed by atoms with Crippen molar-refractivity contribution in [3.05, 3.63) is 66.6 Å². The SMILES string of the molecule is c1ccc(CN2CCC(Nc3nc(N4CCN(c5ccccn5)CC4)nc4nc[nH]c34)CC2)cc1. The molecule has 0 bridgehead atoms. The Bertz CT molecular complexity index is 1230. The number of rotatable bonds is 6. The molecule has 2 saturated heterocycles. The van der Waals surface area contributed by atoms with Crippen molar-refractivity contribution in [3.63, 3.8) is 0 Å². The zero-order chi connectivity index (χ0) is 23.5. The van der Waals surface area contributed by atoms with E-state index in [0.29, 0.717) is 11.7 Å². The van der Waals surface area contributed by atoms with E-state index in [0.717, 1.165) is 81.8 Å². The summed E-state index contributed by atoms with van der Waals surface area (Å²) in [5.41, 5.74) is 2.97. The van der Waals surface area contributed by atoms with Crippen LogP contribution < -0.4 is 15.1 Å². The quantitative estimate of drug-likeness (QED) is 0.445. The number of nitrogens with one attached hydrogen (secondary N) is 2. The van der Waals surface area contributed by atoms with Crippen molar-refractivity contribution in [1.29, 1.82) is 0 Å². The molecule has 0 saturated carbocycles. The molecule has 2 aliphatic rings. The molecule has 6 rings (SSSR count). The molecule has 180 valence electrons. The van der Waals surface area contributed by atoms with Gasteiger partial charge in [-0.2, -0.15) is 9.97 Å². The van der Waals surface area contributed by atoms with Crippen LogP contribution in [0.1, 0.15) is 18.4 Å². The van der Waals surface area contributed by atoms with Crippen LogP contribution in [-0.4, -0.2) is 75.1 Å². The topological polar surface area (TPSA) is 89.1 Å². The van der Waals surface area contributed by atoms with Gasteiger partial charge in [0.2, 0.25) is 5.95 Å². The van der Waals surface area contributed by atoms with Gasteiger partial charge in [-0.3, -0.25) is 4.90 Å².